The summed E-state index contributed by atoms with van der Waals surface area (Å²) in [5.74, 6) is 0.683. The molecular formula is C22H26N2O4S. The summed E-state index contributed by atoms with van der Waals surface area (Å²) < 4.78 is 11.0. The van der Waals surface area contributed by atoms with E-state index in [0.29, 0.717) is 24.4 Å². The normalized spacial score (nSPS) is 15.7. The van der Waals surface area contributed by atoms with Crippen LogP contribution in [0.25, 0.3) is 0 Å². The number of nitrogens with one attached hydrogen (secondary N) is 2. The minimum absolute atomic E-state index is 0.0752. The zero-order chi connectivity index (χ0) is 20.5. The molecule has 0 saturated carbocycles. The molecular weight excluding hydrogens is 388 g/mol. The Bertz CT molecular complexity index is 820. The summed E-state index contributed by atoms with van der Waals surface area (Å²) in [6.45, 7) is 3.79. The van der Waals surface area contributed by atoms with E-state index in [0.717, 1.165) is 30.1 Å². The smallest absolute Gasteiger partial charge is 0.253 e. The van der Waals surface area contributed by atoms with Gasteiger partial charge in [0.15, 0.2) is 0 Å². The van der Waals surface area contributed by atoms with E-state index in [1.165, 1.54) is 11.8 Å². The second-order valence-corrected chi connectivity index (χ2v) is 7.68. The van der Waals surface area contributed by atoms with Gasteiger partial charge in [-0.1, -0.05) is 12.1 Å². The molecule has 0 radical (unpaired) electrons. The summed E-state index contributed by atoms with van der Waals surface area (Å²) in [5, 5.41) is 5.74. The third-order valence-electron chi connectivity index (χ3n) is 4.46. The van der Waals surface area contributed by atoms with Gasteiger partial charge in [0.25, 0.3) is 5.91 Å². The molecule has 0 bridgehead atoms. The average molecular weight is 415 g/mol. The van der Waals surface area contributed by atoms with Gasteiger partial charge in [-0.15, -0.1) is 11.8 Å². The summed E-state index contributed by atoms with van der Waals surface area (Å²) in [6, 6.07) is 14.7. The van der Waals surface area contributed by atoms with Crippen molar-refractivity contribution in [1.82, 2.24) is 5.32 Å². The van der Waals surface area contributed by atoms with Gasteiger partial charge in [0.1, 0.15) is 5.75 Å². The van der Waals surface area contributed by atoms with Crippen molar-refractivity contribution in [3.05, 3.63) is 54.1 Å². The van der Waals surface area contributed by atoms with Crippen molar-refractivity contribution >= 4 is 29.3 Å². The van der Waals surface area contributed by atoms with Gasteiger partial charge in [-0.05, 0) is 56.2 Å². The highest BCUT2D eigenvalue weighted by Gasteiger charge is 2.18. The van der Waals surface area contributed by atoms with E-state index >= 15 is 0 Å². The molecule has 2 aromatic carbocycles. The van der Waals surface area contributed by atoms with Crippen LogP contribution in [0.4, 0.5) is 5.69 Å². The summed E-state index contributed by atoms with van der Waals surface area (Å²) in [6.07, 6.45) is 2.06. The maximum atomic E-state index is 12.5. The van der Waals surface area contributed by atoms with Crippen LogP contribution < -0.4 is 15.4 Å². The second-order valence-electron chi connectivity index (χ2n) is 6.63. The maximum Gasteiger partial charge on any atom is 0.253 e. The minimum atomic E-state index is -0.212. The lowest BCUT2D eigenvalue weighted by atomic mass is 10.1. The van der Waals surface area contributed by atoms with Crippen LogP contribution >= 0.6 is 11.8 Å². The van der Waals surface area contributed by atoms with E-state index in [1.54, 1.807) is 24.3 Å². The number of ether oxygens (including phenoxy) is 2. The van der Waals surface area contributed by atoms with E-state index < -0.39 is 0 Å². The van der Waals surface area contributed by atoms with Crippen molar-refractivity contribution in [2.24, 2.45) is 0 Å². The Morgan fingerprint density at radius 2 is 1.97 bits per heavy atom. The molecule has 1 aliphatic heterocycles. The first-order chi connectivity index (χ1) is 14.2. The number of thioether (sulfide) groups is 1. The topological polar surface area (TPSA) is 76.7 Å². The van der Waals surface area contributed by atoms with Crippen LogP contribution in [-0.2, 0) is 9.53 Å². The molecule has 1 atom stereocenters. The molecule has 2 aromatic rings. The minimum Gasteiger partial charge on any atom is -0.494 e. The molecule has 1 heterocycles. The zero-order valence-corrected chi connectivity index (χ0v) is 17.3. The van der Waals surface area contributed by atoms with Gasteiger partial charge in [0.05, 0.1) is 29.7 Å². The van der Waals surface area contributed by atoms with E-state index in [4.69, 9.17) is 9.47 Å². The lowest BCUT2D eigenvalue weighted by Gasteiger charge is -2.13. The molecule has 0 spiro atoms. The van der Waals surface area contributed by atoms with Crippen LogP contribution in [0, 0.1) is 0 Å². The Kier molecular flexibility index (Phi) is 7.95. The van der Waals surface area contributed by atoms with E-state index in [1.807, 2.05) is 31.2 Å². The van der Waals surface area contributed by atoms with Gasteiger partial charge in [0.2, 0.25) is 5.91 Å². The number of para-hydroxylation sites is 1. The van der Waals surface area contributed by atoms with Crippen molar-refractivity contribution < 1.29 is 19.1 Å². The van der Waals surface area contributed by atoms with Crippen LogP contribution in [0.1, 0.15) is 30.1 Å². The third-order valence-corrected chi connectivity index (χ3v) is 5.48. The molecule has 6 nitrogen and oxygen atoms in total. The first-order valence-corrected chi connectivity index (χ1v) is 10.8. The molecule has 7 heteroatoms. The predicted octanol–water partition coefficient (Wildman–Crippen LogP) is 3.72. The molecule has 29 heavy (non-hydrogen) atoms. The summed E-state index contributed by atoms with van der Waals surface area (Å²) in [7, 11) is 0. The van der Waals surface area contributed by atoms with Crippen LogP contribution in [0.2, 0.25) is 0 Å². The van der Waals surface area contributed by atoms with Gasteiger partial charge in [0, 0.05) is 18.0 Å². The van der Waals surface area contributed by atoms with Crippen molar-refractivity contribution in [1.29, 1.82) is 0 Å². The van der Waals surface area contributed by atoms with Crippen LogP contribution in [0.5, 0.6) is 5.75 Å². The van der Waals surface area contributed by atoms with Crippen molar-refractivity contribution in [3.8, 4) is 5.75 Å². The highest BCUT2D eigenvalue weighted by atomic mass is 32.2. The molecule has 3 rings (SSSR count). The first kappa shape index (κ1) is 21.2. The molecule has 0 unspecified atom stereocenters. The molecule has 1 aliphatic rings. The molecule has 1 saturated heterocycles. The summed E-state index contributed by atoms with van der Waals surface area (Å²) in [5.41, 5.74) is 0.958. The van der Waals surface area contributed by atoms with Gasteiger partial charge in [-0.2, -0.15) is 0 Å². The third kappa shape index (κ3) is 6.51. The monoisotopic (exact) mass is 414 g/mol. The van der Waals surface area contributed by atoms with Gasteiger partial charge < -0.3 is 20.1 Å². The van der Waals surface area contributed by atoms with Gasteiger partial charge in [-0.25, -0.2) is 0 Å². The molecule has 2 N–H and O–H groups in total. The fourth-order valence-corrected chi connectivity index (χ4v) is 3.73. The number of hydrogen-bond acceptors (Lipinski definition) is 5. The zero-order valence-electron chi connectivity index (χ0n) is 16.5. The molecule has 2 amide bonds. The number of anilines is 1. The fraction of sp³-hybridized carbons (Fsp3) is 0.364. The van der Waals surface area contributed by atoms with Crippen molar-refractivity contribution in [2.75, 3.05) is 30.8 Å². The molecule has 1 fully saturated rings. The van der Waals surface area contributed by atoms with Crippen molar-refractivity contribution in [3.63, 3.8) is 0 Å². The number of benzene rings is 2. The van der Waals surface area contributed by atoms with Crippen LogP contribution in [0.3, 0.4) is 0 Å². The number of rotatable bonds is 9. The lowest BCUT2D eigenvalue weighted by molar-refractivity contribution is -0.113. The SMILES string of the molecule is CCOc1ccc(SCC(=O)Nc2ccccc2C(=O)NC[C@H]2CCCO2)cc1. The Hall–Kier alpha value is -2.51. The largest absolute Gasteiger partial charge is 0.494 e. The summed E-state index contributed by atoms with van der Waals surface area (Å²) in [4.78, 5) is 25.9. The maximum absolute atomic E-state index is 12.5. The Labute approximate surface area is 175 Å². The van der Waals surface area contributed by atoms with Crippen molar-refractivity contribution in [2.45, 2.75) is 30.8 Å². The molecule has 154 valence electrons. The highest BCUT2D eigenvalue weighted by Crippen LogP contribution is 2.22. The Morgan fingerprint density at radius 1 is 1.17 bits per heavy atom. The first-order valence-electron chi connectivity index (χ1n) is 9.80. The van der Waals surface area contributed by atoms with E-state index in [-0.39, 0.29) is 23.7 Å². The Balaban J connectivity index is 1.52. The molecule has 0 aliphatic carbocycles. The number of carbonyl (C=O) groups excluding carboxylic acids is 2. The lowest BCUT2D eigenvalue weighted by Crippen LogP contribution is -2.32. The van der Waals surface area contributed by atoms with Gasteiger partial charge in [-0.3, -0.25) is 9.59 Å². The number of carbonyl (C=O) groups is 2. The average Bonchev–Trinajstić information content (AvgIpc) is 3.26. The quantitative estimate of drug-likeness (QED) is 0.612. The highest BCUT2D eigenvalue weighted by molar-refractivity contribution is 8.00. The van der Waals surface area contributed by atoms with Gasteiger partial charge >= 0.3 is 0 Å². The van der Waals surface area contributed by atoms with E-state index in [9.17, 15) is 9.59 Å². The number of hydrogen-bond donors (Lipinski definition) is 2. The standard InChI is InChI=1S/C22H26N2O4S/c1-2-27-16-9-11-18(12-10-16)29-15-21(25)24-20-8-4-3-7-19(20)22(26)23-14-17-6-5-13-28-17/h3-4,7-12,17H,2,5-6,13-15H2,1H3,(H,23,26)(H,24,25)/t17-/m1/s1. The second kappa shape index (κ2) is 10.9. The summed E-state index contributed by atoms with van der Waals surface area (Å²) >= 11 is 1.43. The fourth-order valence-electron chi connectivity index (χ4n) is 3.03. The Morgan fingerprint density at radius 3 is 2.69 bits per heavy atom. The number of amides is 2. The van der Waals surface area contributed by atoms with Crippen LogP contribution in [-0.4, -0.2) is 43.4 Å². The molecule has 0 aromatic heterocycles. The van der Waals surface area contributed by atoms with Crippen LogP contribution in [0.15, 0.2) is 53.4 Å². The predicted molar refractivity (Wildman–Crippen MR) is 115 cm³/mol. The van der Waals surface area contributed by atoms with E-state index in [2.05, 4.69) is 10.6 Å².